The Hall–Kier alpha value is -0.550. The Balaban J connectivity index is 2.41. The van der Waals surface area contributed by atoms with Crippen LogP contribution in [0, 0.1) is 0 Å². The van der Waals surface area contributed by atoms with Crippen molar-refractivity contribution >= 4 is 15.9 Å². The predicted molar refractivity (Wildman–Crippen MR) is 70.6 cm³/mol. The third kappa shape index (κ3) is 6.40. The van der Waals surface area contributed by atoms with Crippen molar-refractivity contribution in [3.8, 4) is 0 Å². The van der Waals surface area contributed by atoms with Crippen LogP contribution in [-0.2, 0) is 6.42 Å². The van der Waals surface area contributed by atoms with Crippen molar-refractivity contribution in [2.75, 3.05) is 0 Å². The topological polar surface area (TPSA) is 12.0 Å². The zero-order valence-corrected chi connectivity index (χ0v) is 12.0. The molecule has 0 aliphatic carbocycles. The van der Waals surface area contributed by atoms with E-state index >= 15 is 0 Å². The van der Waals surface area contributed by atoms with Gasteiger partial charge in [-0.25, -0.2) is 0 Å². The number of halogens is 4. The number of rotatable bonds is 5. The van der Waals surface area contributed by atoms with Gasteiger partial charge in [-0.1, -0.05) is 28.1 Å². The van der Waals surface area contributed by atoms with Crippen LogP contribution in [0.3, 0.4) is 0 Å². The second-order valence-electron chi connectivity index (χ2n) is 4.62. The molecule has 0 saturated carbocycles. The molecular weight excluding hydrogens is 307 g/mol. The van der Waals surface area contributed by atoms with Crippen LogP contribution in [0.2, 0.25) is 0 Å². The molecule has 0 aromatic heterocycles. The maximum absolute atomic E-state index is 12.2. The van der Waals surface area contributed by atoms with Crippen LogP contribution < -0.4 is 5.32 Å². The van der Waals surface area contributed by atoms with Crippen molar-refractivity contribution in [2.24, 2.45) is 0 Å². The van der Waals surface area contributed by atoms with E-state index < -0.39 is 18.6 Å². The van der Waals surface area contributed by atoms with Crippen LogP contribution in [0.4, 0.5) is 13.2 Å². The van der Waals surface area contributed by atoms with Crippen molar-refractivity contribution in [3.05, 3.63) is 34.3 Å². The number of benzene rings is 1. The fourth-order valence-corrected chi connectivity index (χ4v) is 2.19. The lowest BCUT2D eigenvalue weighted by molar-refractivity contribution is -0.139. The molecule has 1 aromatic carbocycles. The molecule has 1 rings (SSSR count). The molecule has 1 nitrogen and oxygen atoms in total. The summed E-state index contributed by atoms with van der Waals surface area (Å²) in [6, 6.07) is 7.26. The maximum atomic E-state index is 12.2. The number of nitrogens with one attached hydrogen (secondary N) is 1. The Morgan fingerprint density at radius 2 is 1.67 bits per heavy atom. The Morgan fingerprint density at radius 1 is 1.11 bits per heavy atom. The highest BCUT2D eigenvalue weighted by Crippen LogP contribution is 2.21. The van der Waals surface area contributed by atoms with Gasteiger partial charge in [-0.2, -0.15) is 13.2 Å². The zero-order chi connectivity index (χ0) is 13.8. The number of hydrogen-bond acceptors (Lipinski definition) is 1. The molecule has 0 spiro atoms. The standard InChI is InChI=1S/C13H17BrF3N/c1-9(18-10(2)8-13(15,16)17)7-11-3-5-12(14)6-4-11/h3-6,9-10,18H,7-8H2,1-2H3. The summed E-state index contributed by atoms with van der Waals surface area (Å²) in [6.07, 6.45) is -4.18. The third-order valence-electron chi connectivity index (χ3n) is 2.56. The number of hydrogen-bond donors (Lipinski definition) is 1. The first-order valence-electron chi connectivity index (χ1n) is 5.83. The second-order valence-corrected chi connectivity index (χ2v) is 5.53. The van der Waals surface area contributed by atoms with E-state index in [-0.39, 0.29) is 6.04 Å². The molecule has 0 saturated heterocycles. The zero-order valence-electron chi connectivity index (χ0n) is 10.4. The van der Waals surface area contributed by atoms with Gasteiger partial charge in [0, 0.05) is 16.6 Å². The van der Waals surface area contributed by atoms with Crippen LogP contribution in [-0.4, -0.2) is 18.3 Å². The lowest BCUT2D eigenvalue weighted by Gasteiger charge is -2.21. The van der Waals surface area contributed by atoms with Gasteiger partial charge in [0.25, 0.3) is 0 Å². The van der Waals surface area contributed by atoms with Gasteiger partial charge in [-0.3, -0.25) is 0 Å². The quantitative estimate of drug-likeness (QED) is 0.851. The molecule has 0 heterocycles. The molecule has 0 aliphatic rings. The summed E-state index contributed by atoms with van der Waals surface area (Å²) in [4.78, 5) is 0. The van der Waals surface area contributed by atoms with Gasteiger partial charge >= 0.3 is 6.18 Å². The normalized spacial score (nSPS) is 15.4. The minimum absolute atomic E-state index is 0.0172. The molecule has 0 bridgehead atoms. The number of alkyl halides is 3. The predicted octanol–water partition coefficient (Wildman–Crippen LogP) is 4.31. The molecule has 0 aliphatic heterocycles. The summed E-state index contributed by atoms with van der Waals surface area (Å²) in [7, 11) is 0. The van der Waals surface area contributed by atoms with Crippen molar-refractivity contribution < 1.29 is 13.2 Å². The molecule has 0 amide bonds. The third-order valence-corrected chi connectivity index (χ3v) is 3.09. The average molecular weight is 324 g/mol. The van der Waals surface area contributed by atoms with Gasteiger partial charge in [0.15, 0.2) is 0 Å². The van der Waals surface area contributed by atoms with Gasteiger partial charge < -0.3 is 5.32 Å². The molecule has 2 unspecified atom stereocenters. The lowest BCUT2D eigenvalue weighted by atomic mass is 10.1. The Morgan fingerprint density at radius 3 is 2.17 bits per heavy atom. The van der Waals surface area contributed by atoms with E-state index in [9.17, 15) is 13.2 Å². The van der Waals surface area contributed by atoms with E-state index in [1.807, 2.05) is 31.2 Å². The summed E-state index contributed by atoms with van der Waals surface area (Å²) in [6.45, 7) is 3.46. The summed E-state index contributed by atoms with van der Waals surface area (Å²) in [5.74, 6) is 0. The van der Waals surface area contributed by atoms with Gasteiger partial charge in [-0.05, 0) is 38.0 Å². The molecule has 0 fully saturated rings. The van der Waals surface area contributed by atoms with E-state index in [2.05, 4.69) is 21.2 Å². The van der Waals surface area contributed by atoms with Crippen molar-refractivity contribution in [3.63, 3.8) is 0 Å². The Bertz CT molecular complexity index is 361. The molecule has 1 N–H and O–H groups in total. The van der Waals surface area contributed by atoms with Gasteiger partial charge in [0.05, 0.1) is 6.42 Å². The average Bonchev–Trinajstić information content (AvgIpc) is 2.18. The summed E-state index contributed by atoms with van der Waals surface area (Å²) in [5.41, 5.74) is 1.11. The van der Waals surface area contributed by atoms with E-state index in [0.717, 1.165) is 16.5 Å². The molecule has 102 valence electrons. The highest BCUT2D eigenvalue weighted by Gasteiger charge is 2.30. The smallest absolute Gasteiger partial charge is 0.311 e. The molecule has 1 aromatic rings. The SMILES string of the molecule is CC(Cc1ccc(Br)cc1)NC(C)CC(F)(F)F. The molecular formula is C13H17BrF3N. The van der Waals surface area contributed by atoms with Crippen molar-refractivity contribution in [1.29, 1.82) is 0 Å². The van der Waals surface area contributed by atoms with E-state index in [1.54, 1.807) is 6.92 Å². The second kappa shape index (κ2) is 6.57. The fourth-order valence-electron chi connectivity index (χ4n) is 1.92. The first-order valence-corrected chi connectivity index (χ1v) is 6.63. The highest BCUT2D eigenvalue weighted by atomic mass is 79.9. The van der Waals surface area contributed by atoms with Crippen LogP contribution in [0.25, 0.3) is 0 Å². The molecule has 18 heavy (non-hydrogen) atoms. The van der Waals surface area contributed by atoms with Gasteiger partial charge in [0.1, 0.15) is 0 Å². The van der Waals surface area contributed by atoms with E-state index in [4.69, 9.17) is 0 Å². The lowest BCUT2D eigenvalue weighted by Crippen LogP contribution is -2.38. The fraction of sp³-hybridized carbons (Fsp3) is 0.538. The van der Waals surface area contributed by atoms with Crippen LogP contribution in [0.1, 0.15) is 25.8 Å². The van der Waals surface area contributed by atoms with Crippen LogP contribution in [0.15, 0.2) is 28.7 Å². The Kier molecular flexibility index (Phi) is 5.66. The molecule has 5 heteroatoms. The van der Waals surface area contributed by atoms with Gasteiger partial charge in [0.2, 0.25) is 0 Å². The van der Waals surface area contributed by atoms with Crippen LogP contribution >= 0.6 is 15.9 Å². The summed E-state index contributed by atoms with van der Waals surface area (Å²) < 4.78 is 37.5. The van der Waals surface area contributed by atoms with E-state index in [1.165, 1.54) is 0 Å². The van der Waals surface area contributed by atoms with Gasteiger partial charge in [-0.15, -0.1) is 0 Å². The first kappa shape index (κ1) is 15.5. The largest absolute Gasteiger partial charge is 0.390 e. The van der Waals surface area contributed by atoms with Crippen molar-refractivity contribution in [1.82, 2.24) is 5.32 Å². The maximum Gasteiger partial charge on any atom is 0.390 e. The summed E-state index contributed by atoms with van der Waals surface area (Å²) in [5, 5.41) is 2.97. The van der Waals surface area contributed by atoms with E-state index in [0.29, 0.717) is 0 Å². The minimum Gasteiger partial charge on any atom is -0.311 e. The van der Waals surface area contributed by atoms with Crippen LogP contribution in [0.5, 0.6) is 0 Å². The minimum atomic E-state index is -4.11. The highest BCUT2D eigenvalue weighted by molar-refractivity contribution is 9.10. The van der Waals surface area contributed by atoms with Crippen molar-refractivity contribution in [2.45, 2.75) is 44.9 Å². The molecule has 0 radical (unpaired) electrons. The summed E-state index contributed by atoms with van der Waals surface area (Å²) >= 11 is 3.34. The monoisotopic (exact) mass is 323 g/mol. The molecule has 2 atom stereocenters. The first-order chi connectivity index (χ1) is 8.26. The Labute approximate surface area is 114 Å².